The molecule has 0 atom stereocenters. The lowest BCUT2D eigenvalue weighted by Gasteiger charge is -2.33. The van der Waals surface area contributed by atoms with Crippen LogP contribution in [0.4, 0.5) is 5.82 Å². The summed E-state index contributed by atoms with van der Waals surface area (Å²) in [6.45, 7) is 3.96. The molecule has 0 radical (unpaired) electrons. The van der Waals surface area contributed by atoms with E-state index in [9.17, 15) is 0 Å². The first-order valence-corrected chi connectivity index (χ1v) is 8.89. The SMILES string of the molecule is CN1CCN(c2nccc3oc(-c4cnc5ccc(Cl)nn45)cc23)CC1. The summed E-state index contributed by atoms with van der Waals surface area (Å²) in [6.07, 6.45) is 3.55. The molecule has 1 saturated heterocycles. The molecule has 0 unspecified atom stereocenters. The van der Waals surface area contributed by atoms with Gasteiger partial charge in [-0.05, 0) is 31.3 Å². The van der Waals surface area contributed by atoms with Crippen molar-refractivity contribution in [1.29, 1.82) is 0 Å². The highest BCUT2D eigenvalue weighted by atomic mass is 35.5. The maximum atomic E-state index is 6.09. The highest BCUT2D eigenvalue weighted by Gasteiger charge is 2.20. The van der Waals surface area contributed by atoms with Crippen molar-refractivity contribution in [2.24, 2.45) is 0 Å². The number of hydrogen-bond donors (Lipinski definition) is 0. The van der Waals surface area contributed by atoms with E-state index in [1.165, 1.54) is 0 Å². The van der Waals surface area contributed by atoms with Gasteiger partial charge in [0.1, 0.15) is 22.2 Å². The fraction of sp³-hybridized carbons (Fsp3) is 0.278. The molecule has 1 aliphatic heterocycles. The second-order valence-corrected chi connectivity index (χ2v) is 6.90. The minimum atomic E-state index is 0.410. The van der Waals surface area contributed by atoms with Crippen LogP contribution in [0, 0.1) is 0 Å². The number of likely N-dealkylation sites (N-methyl/N-ethyl adjacent to an activating group) is 1. The van der Waals surface area contributed by atoms with Gasteiger partial charge in [-0.3, -0.25) is 0 Å². The predicted molar refractivity (Wildman–Crippen MR) is 101 cm³/mol. The second kappa shape index (κ2) is 5.96. The smallest absolute Gasteiger partial charge is 0.155 e. The summed E-state index contributed by atoms with van der Waals surface area (Å²) in [5, 5.41) is 5.74. The lowest BCUT2D eigenvalue weighted by Crippen LogP contribution is -2.44. The lowest BCUT2D eigenvalue weighted by molar-refractivity contribution is 0.312. The monoisotopic (exact) mass is 368 g/mol. The average molecular weight is 369 g/mol. The van der Waals surface area contributed by atoms with E-state index in [0.29, 0.717) is 10.9 Å². The molecule has 26 heavy (non-hydrogen) atoms. The van der Waals surface area contributed by atoms with Gasteiger partial charge < -0.3 is 14.2 Å². The van der Waals surface area contributed by atoms with Gasteiger partial charge in [-0.1, -0.05) is 11.6 Å². The highest BCUT2D eigenvalue weighted by molar-refractivity contribution is 6.29. The molecule has 0 spiro atoms. The first-order valence-electron chi connectivity index (χ1n) is 8.52. The number of nitrogens with zero attached hydrogens (tertiary/aromatic N) is 6. The first-order chi connectivity index (χ1) is 12.7. The van der Waals surface area contributed by atoms with Gasteiger partial charge in [0.25, 0.3) is 0 Å². The first kappa shape index (κ1) is 15.6. The predicted octanol–water partition coefficient (Wildman–Crippen LogP) is 2.94. The van der Waals surface area contributed by atoms with E-state index in [2.05, 4.69) is 31.9 Å². The molecule has 0 aromatic carbocycles. The second-order valence-electron chi connectivity index (χ2n) is 6.52. The standard InChI is InChI=1S/C18H17ClN6O/c1-23-6-8-24(9-7-23)18-12-10-15(26-14(12)4-5-20-18)13-11-21-17-3-2-16(19)22-25(13)17/h2-5,10-11H,6-9H2,1H3. The summed E-state index contributed by atoms with van der Waals surface area (Å²) in [6, 6.07) is 7.46. The Bertz CT molecular complexity index is 1100. The van der Waals surface area contributed by atoms with E-state index in [-0.39, 0.29) is 0 Å². The number of halogens is 1. The Morgan fingerprint density at radius 2 is 1.92 bits per heavy atom. The molecule has 0 bridgehead atoms. The molecule has 1 fully saturated rings. The Labute approximate surface area is 154 Å². The third kappa shape index (κ3) is 2.51. The van der Waals surface area contributed by atoms with E-state index in [0.717, 1.165) is 54.3 Å². The molecule has 0 amide bonds. The summed E-state index contributed by atoms with van der Waals surface area (Å²) in [5.41, 5.74) is 2.30. The van der Waals surface area contributed by atoms with E-state index >= 15 is 0 Å². The molecule has 7 nitrogen and oxygen atoms in total. The number of anilines is 1. The van der Waals surface area contributed by atoms with Crippen LogP contribution in [0.15, 0.2) is 41.1 Å². The molecule has 0 saturated carbocycles. The van der Waals surface area contributed by atoms with Gasteiger partial charge in [0.15, 0.2) is 11.4 Å². The van der Waals surface area contributed by atoms with E-state index in [1.54, 1.807) is 23.0 Å². The number of fused-ring (bicyclic) bond motifs is 2. The molecular formula is C18H17ClN6O. The number of piperazine rings is 1. The number of rotatable bonds is 2. The topological polar surface area (TPSA) is 62.7 Å². The number of imidazole rings is 1. The van der Waals surface area contributed by atoms with Gasteiger partial charge in [-0.25, -0.2) is 14.5 Å². The third-order valence-corrected chi connectivity index (χ3v) is 5.01. The van der Waals surface area contributed by atoms with Crippen LogP contribution in [0.3, 0.4) is 0 Å². The number of pyridine rings is 1. The molecule has 0 N–H and O–H groups in total. The van der Waals surface area contributed by atoms with Crippen LogP contribution < -0.4 is 4.90 Å². The molecule has 5 heterocycles. The molecule has 1 aliphatic rings. The van der Waals surface area contributed by atoms with Crippen LogP contribution in [0.5, 0.6) is 0 Å². The molecule has 5 rings (SSSR count). The minimum Gasteiger partial charge on any atom is -0.454 e. The van der Waals surface area contributed by atoms with Crippen LogP contribution in [-0.2, 0) is 0 Å². The maximum Gasteiger partial charge on any atom is 0.155 e. The van der Waals surface area contributed by atoms with Crippen LogP contribution in [0.1, 0.15) is 0 Å². The zero-order chi connectivity index (χ0) is 17.7. The third-order valence-electron chi connectivity index (χ3n) is 4.81. The Kier molecular flexibility index (Phi) is 3.58. The largest absolute Gasteiger partial charge is 0.454 e. The molecule has 132 valence electrons. The molecule has 8 heteroatoms. The number of furan rings is 1. The van der Waals surface area contributed by atoms with E-state index < -0.39 is 0 Å². The van der Waals surface area contributed by atoms with E-state index in [4.69, 9.17) is 16.0 Å². The average Bonchev–Trinajstić information content (AvgIpc) is 3.25. The normalized spacial score (nSPS) is 16.0. The van der Waals surface area contributed by atoms with Crippen molar-refractivity contribution < 1.29 is 4.42 Å². The van der Waals surface area contributed by atoms with Crippen molar-refractivity contribution in [2.45, 2.75) is 0 Å². The van der Waals surface area contributed by atoms with Gasteiger partial charge in [0, 0.05) is 32.4 Å². The molecule has 4 aromatic heterocycles. The Balaban J connectivity index is 1.62. The summed E-state index contributed by atoms with van der Waals surface area (Å²) in [7, 11) is 2.14. The fourth-order valence-corrected chi connectivity index (χ4v) is 3.50. The van der Waals surface area contributed by atoms with Gasteiger partial charge in [0.2, 0.25) is 0 Å². The molecule has 4 aromatic rings. The Hall–Kier alpha value is -2.64. The summed E-state index contributed by atoms with van der Waals surface area (Å²) in [5.74, 6) is 1.66. The molecule has 0 aliphatic carbocycles. The summed E-state index contributed by atoms with van der Waals surface area (Å²) >= 11 is 6.04. The van der Waals surface area contributed by atoms with Crippen LogP contribution >= 0.6 is 11.6 Å². The van der Waals surface area contributed by atoms with Gasteiger partial charge in [-0.15, -0.1) is 0 Å². The summed E-state index contributed by atoms with van der Waals surface area (Å²) in [4.78, 5) is 13.6. The van der Waals surface area contributed by atoms with Crippen molar-refractivity contribution in [1.82, 2.24) is 24.5 Å². The van der Waals surface area contributed by atoms with Crippen molar-refractivity contribution in [2.75, 3.05) is 38.1 Å². The quantitative estimate of drug-likeness (QED) is 0.542. The van der Waals surface area contributed by atoms with Crippen molar-refractivity contribution in [3.05, 3.63) is 41.8 Å². The fourth-order valence-electron chi connectivity index (χ4n) is 3.36. The zero-order valence-electron chi connectivity index (χ0n) is 14.3. The minimum absolute atomic E-state index is 0.410. The number of aromatic nitrogens is 4. The lowest BCUT2D eigenvalue weighted by atomic mass is 10.2. The van der Waals surface area contributed by atoms with Crippen LogP contribution in [0.2, 0.25) is 5.15 Å². The Morgan fingerprint density at radius 1 is 1.08 bits per heavy atom. The van der Waals surface area contributed by atoms with Gasteiger partial charge in [-0.2, -0.15) is 5.10 Å². The zero-order valence-corrected chi connectivity index (χ0v) is 15.0. The summed E-state index contributed by atoms with van der Waals surface area (Å²) < 4.78 is 7.79. The van der Waals surface area contributed by atoms with Crippen molar-refractivity contribution >= 4 is 34.0 Å². The molecular weight excluding hydrogens is 352 g/mol. The van der Waals surface area contributed by atoms with Crippen molar-refractivity contribution in [3.8, 4) is 11.5 Å². The van der Waals surface area contributed by atoms with Gasteiger partial charge in [0.05, 0.1) is 11.6 Å². The number of hydrogen-bond acceptors (Lipinski definition) is 6. The van der Waals surface area contributed by atoms with Crippen LogP contribution in [-0.4, -0.2) is 57.7 Å². The Morgan fingerprint density at radius 3 is 2.77 bits per heavy atom. The highest BCUT2D eigenvalue weighted by Crippen LogP contribution is 2.33. The van der Waals surface area contributed by atoms with E-state index in [1.807, 2.05) is 18.2 Å². The maximum absolute atomic E-state index is 6.09. The van der Waals surface area contributed by atoms with Crippen LogP contribution in [0.25, 0.3) is 28.1 Å². The van der Waals surface area contributed by atoms with Crippen molar-refractivity contribution in [3.63, 3.8) is 0 Å². The van der Waals surface area contributed by atoms with Gasteiger partial charge >= 0.3 is 0 Å².